The van der Waals surface area contributed by atoms with Crippen LogP contribution < -0.4 is 26.5 Å². The monoisotopic (exact) mass is 526 g/mol. The third-order valence-corrected chi connectivity index (χ3v) is 6.23. The van der Waals surface area contributed by atoms with Crippen LogP contribution in [0.15, 0.2) is 106 Å². The van der Waals surface area contributed by atoms with E-state index in [4.69, 9.17) is 16.6 Å². The Bertz CT molecular complexity index is 1620. The van der Waals surface area contributed by atoms with Crippen LogP contribution in [0, 0.1) is 0 Å². The molecule has 0 saturated heterocycles. The number of benzene rings is 3. The maximum atomic E-state index is 12.6. The summed E-state index contributed by atoms with van der Waals surface area (Å²) in [6, 6.07) is 24.3. The topological polar surface area (TPSA) is 124 Å². The number of rotatable bonds is 5. The number of thiocarbonyl (C=S) groups is 1. The molecule has 0 fully saturated rings. The minimum Gasteiger partial charge on any atom is -0.478 e. The molecular formula is C28H22N4O5S. The molecule has 10 heteroatoms. The number of nitrogens with one attached hydrogen (secondary N) is 3. The Hall–Kier alpha value is -4.80. The van der Waals surface area contributed by atoms with Gasteiger partial charge in [-0.15, -0.1) is 0 Å². The number of carbonyl (C=O) groups is 2. The van der Waals surface area contributed by atoms with E-state index in [1.165, 1.54) is 6.07 Å². The van der Waals surface area contributed by atoms with Gasteiger partial charge < -0.3 is 19.7 Å². The first-order chi connectivity index (χ1) is 18.4. The fourth-order valence-electron chi connectivity index (χ4n) is 4.16. The minimum absolute atomic E-state index is 0.00396. The van der Waals surface area contributed by atoms with Gasteiger partial charge in [0.2, 0.25) is 0 Å². The lowest BCUT2D eigenvalue weighted by molar-refractivity contribution is -0.133. The zero-order valence-electron chi connectivity index (χ0n) is 19.9. The lowest BCUT2D eigenvalue weighted by Gasteiger charge is -2.32. The highest BCUT2D eigenvalue weighted by atomic mass is 32.1. The number of fused-ring (bicyclic) bond motifs is 1. The van der Waals surface area contributed by atoms with E-state index < -0.39 is 23.5 Å². The molecule has 1 amide bonds. The quantitative estimate of drug-likeness (QED) is 0.226. The molecule has 0 aliphatic carbocycles. The number of aliphatic carboxylic acids is 1. The molecule has 0 radical (unpaired) electrons. The van der Waals surface area contributed by atoms with Gasteiger partial charge in [0.25, 0.3) is 5.91 Å². The molecule has 2 heterocycles. The SMILES string of the molecule is O=C(O)C1=CN(c2ccccc2)CNC1c1ccc(NC(=S)NC(=O)c2cc3ccccc3oc2=O)cc1. The van der Waals surface area contributed by atoms with Gasteiger partial charge in [0.15, 0.2) is 5.11 Å². The second-order valence-electron chi connectivity index (χ2n) is 8.51. The summed E-state index contributed by atoms with van der Waals surface area (Å²) in [4.78, 5) is 38.7. The molecule has 1 aromatic heterocycles. The van der Waals surface area contributed by atoms with Crippen molar-refractivity contribution >= 4 is 51.6 Å². The Morgan fingerprint density at radius 2 is 1.71 bits per heavy atom. The van der Waals surface area contributed by atoms with E-state index in [0.717, 1.165) is 11.3 Å². The van der Waals surface area contributed by atoms with Crippen molar-refractivity contribution in [1.29, 1.82) is 0 Å². The predicted octanol–water partition coefficient (Wildman–Crippen LogP) is 4.00. The lowest BCUT2D eigenvalue weighted by Crippen LogP contribution is -2.41. The van der Waals surface area contributed by atoms with E-state index in [9.17, 15) is 19.5 Å². The van der Waals surface area contributed by atoms with Gasteiger partial charge in [-0.3, -0.25) is 15.4 Å². The summed E-state index contributed by atoms with van der Waals surface area (Å²) in [5, 5.41) is 19.1. The van der Waals surface area contributed by atoms with Crippen LogP contribution in [-0.2, 0) is 4.79 Å². The summed E-state index contributed by atoms with van der Waals surface area (Å²) in [6.07, 6.45) is 1.64. The highest BCUT2D eigenvalue weighted by molar-refractivity contribution is 7.80. The number of carboxylic acid groups (broad SMARTS) is 1. The van der Waals surface area contributed by atoms with Gasteiger partial charge in [-0.05, 0) is 54.2 Å². The van der Waals surface area contributed by atoms with Gasteiger partial charge in [0, 0.05) is 23.0 Å². The van der Waals surface area contributed by atoms with Gasteiger partial charge >= 0.3 is 11.6 Å². The van der Waals surface area contributed by atoms with Crippen molar-refractivity contribution in [2.45, 2.75) is 6.04 Å². The fraction of sp³-hybridized carbons (Fsp3) is 0.0714. The Balaban J connectivity index is 1.26. The second-order valence-corrected chi connectivity index (χ2v) is 8.91. The standard InChI is InChI=1S/C28H22N4O5S/c33-25(21-14-18-6-4-5-9-23(18)37-27(21)36)31-28(38)30-19-12-10-17(11-13-19)24-22(26(34)35)15-32(16-29-24)20-7-2-1-3-8-20/h1-15,24,29H,16H2,(H,34,35)(H2,30,31,33,38). The summed E-state index contributed by atoms with van der Waals surface area (Å²) in [5.74, 6) is -1.71. The van der Waals surface area contributed by atoms with Crippen molar-refractivity contribution in [1.82, 2.24) is 10.6 Å². The van der Waals surface area contributed by atoms with Crippen LogP contribution in [0.1, 0.15) is 22.0 Å². The first kappa shape index (κ1) is 24.9. The van der Waals surface area contributed by atoms with Crippen LogP contribution in [-0.4, -0.2) is 28.8 Å². The zero-order chi connectivity index (χ0) is 26.6. The van der Waals surface area contributed by atoms with Crippen LogP contribution in [0.2, 0.25) is 0 Å². The van der Waals surface area contributed by atoms with Gasteiger partial charge in [0.05, 0.1) is 18.3 Å². The molecule has 1 unspecified atom stereocenters. The van der Waals surface area contributed by atoms with Gasteiger partial charge in [0.1, 0.15) is 11.1 Å². The Morgan fingerprint density at radius 1 is 1.00 bits per heavy atom. The number of amides is 1. The molecule has 38 heavy (non-hydrogen) atoms. The predicted molar refractivity (Wildman–Crippen MR) is 148 cm³/mol. The highest BCUT2D eigenvalue weighted by Gasteiger charge is 2.27. The molecule has 0 bridgehead atoms. The van der Waals surface area contributed by atoms with Crippen LogP contribution in [0.3, 0.4) is 0 Å². The first-order valence-electron chi connectivity index (χ1n) is 11.6. The molecule has 0 saturated carbocycles. The molecule has 4 N–H and O–H groups in total. The second kappa shape index (κ2) is 10.7. The number of carbonyl (C=O) groups excluding carboxylic acids is 1. The fourth-order valence-corrected chi connectivity index (χ4v) is 4.37. The highest BCUT2D eigenvalue weighted by Crippen LogP contribution is 2.28. The maximum absolute atomic E-state index is 12.6. The first-order valence-corrected chi connectivity index (χ1v) is 12.0. The Morgan fingerprint density at radius 3 is 2.45 bits per heavy atom. The Labute approximate surface area is 222 Å². The summed E-state index contributed by atoms with van der Waals surface area (Å²) in [7, 11) is 0. The number of nitrogens with zero attached hydrogens (tertiary/aromatic N) is 1. The summed E-state index contributed by atoms with van der Waals surface area (Å²) in [6.45, 7) is 0.435. The van der Waals surface area contributed by atoms with E-state index in [1.807, 2.05) is 35.2 Å². The molecule has 1 atom stereocenters. The van der Waals surface area contributed by atoms with Crippen molar-refractivity contribution in [3.8, 4) is 0 Å². The van der Waals surface area contributed by atoms with E-state index in [2.05, 4.69) is 16.0 Å². The lowest BCUT2D eigenvalue weighted by atomic mass is 9.97. The third kappa shape index (κ3) is 5.31. The normalized spacial score (nSPS) is 15.0. The molecule has 4 aromatic rings. The van der Waals surface area contributed by atoms with Crippen LogP contribution >= 0.6 is 12.2 Å². The average molecular weight is 527 g/mol. The molecule has 3 aromatic carbocycles. The minimum atomic E-state index is -1.02. The third-order valence-electron chi connectivity index (χ3n) is 6.02. The van der Waals surface area contributed by atoms with E-state index in [0.29, 0.717) is 23.3 Å². The molecule has 5 rings (SSSR count). The van der Waals surface area contributed by atoms with Gasteiger partial charge in [-0.25, -0.2) is 9.59 Å². The number of hydrogen-bond acceptors (Lipinski definition) is 7. The van der Waals surface area contributed by atoms with Crippen molar-refractivity contribution in [3.63, 3.8) is 0 Å². The molecule has 1 aliphatic heterocycles. The van der Waals surface area contributed by atoms with Gasteiger partial charge in [-0.1, -0.05) is 48.5 Å². The smallest absolute Gasteiger partial charge is 0.349 e. The summed E-state index contributed by atoms with van der Waals surface area (Å²) in [5.41, 5.74) is 1.88. The van der Waals surface area contributed by atoms with Crippen LogP contribution in [0.5, 0.6) is 0 Å². The number of hydrogen-bond donors (Lipinski definition) is 4. The summed E-state index contributed by atoms with van der Waals surface area (Å²) >= 11 is 5.24. The Kier molecular flexibility index (Phi) is 6.98. The van der Waals surface area contributed by atoms with Crippen molar-refractivity contribution in [3.05, 3.63) is 118 Å². The zero-order valence-corrected chi connectivity index (χ0v) is 20.7. The van der Waals surface area contributed by atoms with Crippen molar-refractivity contribution in [2.75, 3.05) is 16.9 Å². The largest absolute Gasteiger partial charge is 0.478 e. The maximum Gasteiger partial charge on any atom is 0.349 e. The molecular weight excluding hydrogens is 504 g/mol. The average Bonchev–Trinajstić information content (AvgIpc) is 2.93. The van der Waals surface area contributed by atoms with E-state index in [1.54, 1.807) is 54.7 Å². The van der Waals surface area contributed by atoms with Crippen molar-refractivity contribution in [2.24, 2.45) is 0 Å². The number of para-hydroxylation sites is 2. The van der Waals surface area contributed by atoms with Crippen molar-refractivity contribution < 1.29 is 19.1 Å². The number of carboxylic acids is 1. The van der Waals surface area contributed by atoms with E-state index in [-0.39, 0.29) is 16.2 Å². The molecule has 0 spiro atoms. The molecule has 190 valence electrons. The van der Waals surface area contributed by atoms with Gasteiger partial charge in [-0.2, -0.15) is 0 Å². The number of anilines is 2. The summed E-state index contributed by atoms with van der Waals surface area (Å²) < 4.78 is 5.21. The van der Waals surface area contributed by atoms with Crippen LogP contribution in [0.4, 0.5) is 11.4 Å². The van der Waals surface area contributed by atoms with Crippen LogP contribution in [0.25, 0.3) is 11.0 Å². The van der Waals surface area contributed by atoms with E-state index >= 15 is 0 Å². The molecule has 9 nitrogen and oxygen atoms in total. The molecule has 1 aliphatic rings.